The van der Waals surface area contributed by atoms with Crippen molar-refractivity contribution in [1.82, 2.24) is 35.0 Å². The molecular weight excluding hydrogens is 392 g/mol. The van der Waals surface area contributed by atoms with Gasteiger partial charge in [-0.1, -0.05) is 11.6 Å². The van der Waals surface area contributed by atoms with Crippen LogP contribution in [-0.4, -0.2) is 88.7 Å². The minimum absolute atomic E-state index is 0.00815. The number of hydrogen-bond acceptors (Lipinski definition) is 7. The summed E-state index contributed by atoms with van der Waals surface area (Å²) in [5.74, 6) is -0.0846. The molecule has 2 aromatic rings. The molecule has 2 aliphatic heterocycles. The lowest BCUT2D eigenvalue weighted by atomic mass is 9.94. The molecule has 1 amide bonds. The molecule has 0 saturated carbocycles. The van der Waals surface area contributed by atoms with E-state index in [1.165, 1.54) is 10.7 Å². The minimum Gasteiger partial charge on any atom is -0.381 e. The van der Waals surface area contributed by atoms with Crippen LogP contribution < -0.4 is 16.4 Å². The molecule has 2 saturated heterocycles. The number of nitrogens with zero attached hydrogens (tertiary/aromatic N) is 5. The number of aromatic nitrogens is 3. The Hall–Kier alpha value is -1.94. The highest BCUT2D eigenvalue weighted by atomic mass is 35.5. The lowest BCUT2D eigenvalue weighted by Crippen LogP contribution is -2.61. The maximum Gasteiger partial charge on any atom is 0.259 e. The van der Waals surface area contributed by atoms with Gasteiger partial charge in [-0.2, -0.15) is 0 Å². The van der Waals surface area contributed by atoms with Gasteiger partial charge in [-0.3, -0.25) is 9.69 Å². The summed E-state index contributed by atoms with van der Waals surface area (Å²) in [6.07, 6.45) is 6.41. The molecule has 9 nitrogen and oxygen atoms in total. The lowest BCUT2D eigenvalue weighted by molar-refractivity contribution is 0.0673. The van der Waals surface area contributed by atoms with Crippen molar-refractivity contribution < 1.29 is 4.79 Å². The fraction of sp³-hybridized carbons (Fsp3) is 0.632. The Morgan fingerprint density at radius 3 is 2.83 bits per heavy atom. The molecule has 2 atom stereocenters. The van der Waals surface area contributed by atoms with Gasteiger partial charge in [0.1, 0.15) is 5.56 Å². The predicted octanol–water partition coefficient (Wildman–Crippen LogP) is 0.451. The molecule has 158 valence electrons. The van der Waals surface area contributed by atoms with Crippen molar-refractivity contribution >= 4 is 29.0 Å². The Labute approximate surface area is 175 Å². The molecule has 10 heteroatoms. The van der Waals surface area contributed by atoms with E-state index in [9.17, 15) is 4.79 Å². The second-order valence-electron chi connectivity index (χ2n) is 8.17. The van der Waals surface area contributed by atoms with E-state index < -0.39 is 0 Å². The van der Waals surface area contributed by atoms with Gasteiger partial charge < -0.3 is 21.3 Å². The third kappa shape index (κ3) is 4.18. The Morgan fingerprint density at radius 2 is 2.10 bits per heavy atom. The molecule has 4 rings (SSSR count). The first-order chi connectivity index (χ1) is 13.9. The molecule has 4 heterocycles. The van der Waals surface area contributed by atoms with Crippen molar-refractivity contribution in [3.63, 3.8) is 0 Å². The number of hydrogen-bond donors (Lipinski definition) is 3. The van der Waals surface area contributed by atoms with Crippen LogP contribution in [0.1, 0.15) is 29.6 Å². The van der Waals surface area contributed by atoms with Crippen LogP contribution in [-0.2, 0) is 0 Å². The number of anilines is 1. The number of nitrogens with one attached hydrogen (secondary N) is 2. The zero-order valence-electron chi connectivity index (χ0n) is 16.9. The van der Waals surface area contributed by atoms with E-state index in [1.54, 1.807) is 6.20 Å². The average Bonchev–Trinajstić information content (AvgIpc) is 3.03. The van der Waals surface area contributed by atoms with Crippen LogP contribution in [0.2, 0.25) is 5.02 Å². The Morgan fingerprint density at radius 1 is 1.34 bits per heavy atom. The van der Waals surface area contributed by atoms with Gasteiger partial charge in [0.05, 0.1) is 17.3 Å². The molecule has 0 aromatic carbocycles. The Kier molecular flexibility index (Phi) is 5.91. The summed E-state index contributed by atoms with van der Waals surface area (Å²) in [6, 6.07) is 0.958. The van der Waals surface area contributed by atoms with E-state index in [-0.39, 0.29) is 17.8 Å². The van der Waals surface area contributed by atoms with Gasteiger partial charge in [0.15, 0.2) is 11.5 Å². The van der Waals surface area contributed by atoms with Crippen molar-refractivity contribution in [2.75, 3.05) is 46.0 Å². The standard InChI is InChI=1S/C19H29ClN8O/c1-26(2)13-4-7-27(8-5-13)15-3-6-22-10-14(15)24-19(29)16-17(21)25-28-11-12(20)9-23-18(16)28/h9,11,13-15,22H,3-8,10H2,1-2H3,(H2,21,25)(H,24,29). The highest BCUT2D eigenvalue weighted by Crippen LogP contribution is 2.22. The molecule has 0 aliphatic carbocycles. The number of likely N-dealkylation sites (tertiary alicyclic amines) is 1. The number of rotatable bonds is 4. The molecule has 2 fully saturated rings. The molecular formula is C19H29ClN8O. The van der Waals surface area contributed by atoms with E-state index in [1.807, 2.05) is 0 Å². The van der Waals surface area contributed by atoms with Gasteiger partial charge >= 0.3 is 0 Å². The van der Waals surface area contributed by atoms with E-state index in [0.29, 0.717) is 28.3 Å². The smallest absolute Gasteiger partial charge is 0.259 e. The number of fused-ring (bicyclic) bond motifs is 1. The maximum atomic E-state index is 13.1. The molecule has 0 radical (unpaired) electrons. The summed E-state index contributed by atoms with van der Waals surface area (Å²) in [5, 5.41) is 11.2. The number of carbonyl (C=O) groups excluding carboxylic acids is 1. The predicted molar refractivity (Wildman–Crippen MR) is 113 cm³/mol. The third-order valence-electron chi connectivity index (χ3n) is 6.16. The van der Waals surface area contributed by atoms with Gasteiger partial charge in [-0.15, -0.1) is 5.10 Å². The monoisotopic (exact) mass is 420 g/mol. The van der Waals surface area contributed by atoms with Crippen LogP contribution in [0.25, 0.3) is 5.65 Å². The third-order valence-corrected chi connectivity index (χ3v) is 6.35. The number of nitrogens with two attached hydrogens (primary N) is 1. The second-order valence-corrected chi connectivity index (χ2v) is 8.61. The summed E-state index contributed by atoms with van der Waals surface area (Å²) >= 11 is 5.97. The van der Waals surface area contributed by atoms with Crippen molar-refractivity contribution in [2.24, 2.45) is 0 Å². The van der Waals surface area contributed by atoms with Crippen LogP contribution in [0.15, 0.2) is 12.4 Å². The van der Waals surface area contributed by atoms with E-state index >= 15 is 0 Å². The van der Waals surface area contributed by atoms with E-state index in [2.05, 4.69) is 44.6 Å². The van der Waals surface area contributed by atoms with Crippen molar-refractivity contribution in [1.29, 1.82) is 0 Å². The summed E-state index contributed by atoms with van der Waals surface area (Å²) in [4.78, 5) is 22.2. The highest BCUT2D eigenvalue weighted by Gasteiger charge is 2.34. The first kappa shape index (κ1) is 20.3. The second kappa shape index (κ2) is 8.43. The molecule has 2 unspecified atom stereocenters. The first-order valence-corrected chi connectivity index (χ1v) is 10.5. The molecule has 2 aromatic heterocycles. The van der Waals surface area contributed by atoms with E-state index in [0.717, 1.165) is 45.4 Å². The van der Waals surface area contributed by atoms with Crippen LogP contribution in [0.3, 0.4) is 0 Å². The first-order valence-electron chi connectivity index (χ1n) is 10.2. The van der Waals surface area contributed by atoms with Crippen molar-refractivity contribution in [3.05, 3.63) is 23.0 Å². The largest absolute Gasteiger partial charge is 0.381 e. The van der Waals surface area contributed by atoms with Gasteiger partial charge in [0, 0.05) is 37.9 Å². The summed E-state index contributed by atoms with van der Waals surface area (Å²) in [7, 11) is 4.30. The number of carbonyl (C=O) groups is 1. The number of piperidine rings is 2. The lowest BCUT2D eigenvalue weighted by Gasteiger charge is -2.44. The fourth-order valence-corrected chi connectivity index (χ4v) is 4.69. The molecule has 4 N–H and O–H groups in total. The Balaban J connectivity index is 1.49. The maximum absolute atomic E-state index is 13.1. The van der Waals surface area contributed by atoms with E-state index in [4.69, 9.17) is 17.3 Å². The number of nitrogen functional groups attached to an aromatic ring is 1. The van der Waals surface area contributed by atoms with Crippen LogP contribution >= 0.6 is 11.6 Å². The van der Waals surface area contributed by atoms with Gasteiger partial charge in [-0.25, -0.2) is 9.50 Å². The fourth-order valence-electron chi connectivity index (χ4n) is 4.55. The summed E-state index contributed by atoms with van der Waals surface area (Å²) < 4.78 is 1.45. The van der Waals surface area contributed by atoms with Gasteiger partial charge in [-0.05, 0) is 39.9 Å². The van der Waals surface area contributed by atoms with Gasteiger partial charge in [0.2, 0.25) is 0 Å². The van der Waals surface area contributed by atoms with Crippen LogP contribution in [0.4, 0.5) is 5.82 Å². The molecule has 29 heavy (non-hydrogen) atoms. The zero-order valence-corrected chi connectivity index (χ0v) is 17.7. The minimum atomic E-state index is -0.241. The quantitative estimate of drug-likeness (QED) is 0.659. The van der Waals surface area contributed by atoms with Gasteiger partial charge in [0.25, 0.3) is 5.91 Å². The molecule has 0 bridgehead atoms. The molecule has 2 aliphatic rings. The molecule has 0 spiro atoms. The summed E-state index contributed by atoms with van der Waals surface area (Å²) in [5.41, 5.74) is 6.74. The van der Waals surface area contributed by atoms with Crippen molar-refractivity contribution in [2.45, 2.75) is 37.4 Å². The normalized spacial score (nSPS) is 24.3. The number of halogens is 1. The van der Waals surface area contributed by atoms with Crippen LogP contribution in [0.5, 0.6) is 0 Å². The summed E-state index contributed by atoms with van der Waals surface area (Å²) in [6.45, 7) is 3.81. The highest BCUT2D eigenvalue weighted by molar-refractivity contribution is 6.30. The van der Waals surface area contributed by atoms with Crippen molar-refractivity contribution in [3.8, 4) is 0 Å². The topological polar surface area (TPSA) is 104 Å². The SMILES string of the molecule is CN(C)C1CCN(C2CCNCC2NC(=O)c2c(N)nn3cc(Cl)cnc23)CC1. The number of amides is 1. The zero-order chi connectivity index (χ0) is 20.5. The Bertz CT molecular complexity index is 876. The average molecular weight is 421 g/mol. The van der Waals surface area contributed by atoms with Crippen LogP contribution in [0, 0.1) is 0 Å².